The van der Waals surface area contributed by atoms with Crippen LogP contribution in [0.4, 0.5) is 0 Å². The molecule has 4 rings (SSSR count). The normalized spacial score (nSPS) is 18.6. The van der Waals surface area contributed by atoms with E-state index in [1.54, 1.807) is 11.8 Å². The lowest BCUT2D eigenvalue weighted by atomic mass is 10.2. The smallest absolute Gasteiger partial charge is 0.222 e. The number of benzene rings is 2. The number of hydrogen-bond donors (Lipinski definition) is 0. The van der Waals surface area contributed by atoms with Gasteiger partial charge in [0.05, 0.1) is 12.2 Å². The van der Waals surface area contributed by atoms with E-state index in [9.17, 15) is 4.79 Å². The van der Waals surface area contributed by atoms with Crippen LogP contribution in [0.3, 0.4) is 0 Å². The van der Waals surface area contributed by atoms with Gasteiger partial charge in [0.15, 0.2) is 11.0 Å². The molecule has 6 nitrogen and oxygen atoms in total. The van der Waals surface area contributed by atoms with Crippen molar-refractivity contribution in [3.8, 4) is 17.1 Å². The molecule has 1 aliphatic heterocycles. The number of amides is 1. The van der Waals surface area contributed by atoms with Crippen molar-refractivity contribution in [3.63, 3.8) is 0 Å². The predicted molar refractivity (Wildman–Crippen MR) is 128 cm³/mol. The molecule has 0 spiro atoms. The van der Waals surface area contributed by atoms with E-state index in [0.717, 1.165) is 40.8 Å². The van der Waals surface area contributed by atoms with Gasteiger partial charge in [0.1, 0.15) is 0 Å². The quantitative estimate of drug-likeness (QED) is 0.363. The number of hydrogen-bond acceptors (Lipinski definition) is 5. The maximum Gasteiger partial charge on any atom is 0.222 e. The highest BCUT2D eigenvalue weighted by molar-refractivity contribution is 7.99. The lowest BCUT2D eigenvalue weighted by molar-refractivity contribution is -0.143. The third kappa shape index (κ3) is 5.58. The van der Waals surface area contributed by atoms with E-state index < -0.39 is 0 Å². The Morgan fingerprint density at radius 2 is 1.62 bits per heavy atom. The molecular formula is C25H30N4O2S. The van der Waals surface area contributed by atoms with E-state index in [-0.39, 0.29) is 18.1 Å². The fraction of sp³-hybridized carbons (Fsp3) is 0.400. The van der Waals surface area contributed by atoms with Crippen LogP contribution in [0, 0.1) is 0 Å². The highest BCUT2D eigenvalue weighted by atomic mass is 32.2. The van der Waals surface area contributed by atoms with Crippen molar-refractivity contribution < 1.29 is 9.53 Å². The molecule has 1 aromatic heterocycles. The van der Waals surface area contributed by atoms with Gasteiger partial charge in [0.2, 0.25) is 5.91 Å². The third-order valence-corrected chi connectivity index (χ3v) is 6.48. The molecule has 0 bridgehead atoms. The Hall–Kier alpha value is -2.64. The molecule has 1 fully saturated rings. The van der Waals surface area contributed by atoms with Crippen molar-refractivity contribution in [1.29, 1.82) is 0 Å². The summed E-state index contributed by atoms with van der Waals surface area (Å²) in [5.41, 5.74) is 2.08. The molecule has 0 saturated carbocycles. The standard InChI is InChI=1S/C25H30N4O2S/c1-19-17-28(18-20(2)31-19)23(30)15-9-10-16-32-25-27-26-24(21-11-5-3-6-12-21)29(25)22-13-7-4-8-14-22/h3-8,11-14,19-20H,9-10,15-18H2,1-2H3. The van der Waals surface area contributed by atoms with Crippen LogP contribution in [0.2, 0.25) is 0 Å². The average molecular weight is 451 g/mol. The summed E-state index contributed by atoms with van der Waals surface area (Å²) < 4.78 is 7.84. The minimum atomic E-state index is 0.112. The number of unbranched alkanes of at least 4 members (excludes halogenated alkanes) is 1. The molecule has 3 aromatic rings. The van der Waals surface area contributed by atoms with E-state index in [1.165, 1.54) is 0 Å². The van der Waals surface area contributed by atoms with Gasteiger partial charge >= 0.3 is 0 Å². The van der Waals surface area contributed by atoms with Gasteiger partial charge in [-0.3, -0.25) is 9.36 Å². The zero-order chi connectivity index (χ0) is 22.3. The summed E-state index contributed by atoms with van der Waals surface area (Å²) in [6.07, 6.45) is 2.63. The summed E-state index contributed by atoms with van der Waals surface area (Å²) in [4.78, 5) is 14.5. The van der Waals surface area contributed by atoms with Gasteiger partial charge in [-0.25, -0.2) is 0 Å². The van der Waals surface area contributed by atoms with E-state index in [2.05, 4.69) is 39.0 Å². The molecule has 2 heterocycles. The second-order valence-corrected chi connectivity index (χ2v) is 9.27. The Kier molecular flexibility index (Phi) is 7.60. The molecule has 0 radical (unpaired) electrons. The predicted octanol–water partition coefficient (Wildman–Crippen LogP) is 4.83. The Balaban J connectivity index is 1.36. The molecule has 2 atom stereocenters. The molecule has 1 amide bonds. The third-order valence-electron chi connectivity index (χ3n) is 5.47. The number of carbonyl (C=O) groups is 1. The van der Waals surface area contributed by atoms with Crippen LogP contribution in [-0.4, -0.2) is 56.6 Å². The average Bonchev–Trinajstić information content (AvgIpc) is 3.23. The summed E-state index contributed by atoms with van der Waals surface area (Å²) in [6, 6.07) is 20.3. The van der Waals surface area contributed by atoms with Gasteiger partial charge in [0, 0.05) is 36.5 Å². The summed E-state index contributed by atoms with van der Waals surface area (Å²) in [5.74, 6) is 1.96. The zero-order valence-electron chi connectivity index (χ0n) is 18.7. The molecule has 168 valence electrons. The monoisotopic (exact) mass is 450 g/mol. The van der Waals surface area contributed by atoms with Gasteiger partial charge in [-0.05, 0) is 38.8 Å². The fourth-order valence-corrected chi connectivity index (χ4v) is 4.98. The second kappa shape index (κ2) is 10.8. The van der Waals surface area contributed by atoms with Crippen molar-refractivity contribution in [2.24, 2.45) is 0 Å². The van der Waals surface area contributed by atoms with Crippen molar-refractivity contribution in [3.05, 3.63) is 60.7 Å². The molecular weight excluding hydrogens is 420 g/mol. The number of morpholine rings is 1. The highest BCUT2D eigenvalue weighted by Gasteiger charge is 2.25. The molecule has 0 aliphatic carbocycles. The number of ether oxygens (including phenoxy) is 1. The number of para-hydroxylation sites is 1. The molecule has 2 aromatic carbocycles. The van der Waals surface area contributed by atoms with Crippen molar-refractivity contribution in [2.75, 3.05) is 18.8 Å². The summed E-state index contributed by atoms with van der Waals surface area (Å²) in [5, 5.41) is 9.84. The Bertz CT molecular complexity index is 999. The number of thioether (sulfide) groups is 1. The Morgan fingerprint density at radius 3 is 2.31 bits per heavy atom. The van der Waals surface area contributed by atoms with Crippen LogP contribution >= 0.6 is 11.8 Å². The van der Waals surface area contributed by atoms with Crippen LogP contribution in [0.15, 0.2) is 65.8 Å². The largest absolute Gasteiger partial charge is 0.372 e. The van der Waals surface area contributed by atoms with Gasteiger partial charge in [-0.15, -0.1) is 10.2 Å². The fourth-order valence-electron chi connectivity index (χ4n) is 4.03. The van der Waals surface area contributed by atoms with Crippen LogP contribution in [0.25, 0.3) is 17.1 Å². The number of carbonyl (C=O) groups excluding carboxylic acids is 1. The van der Waals surface area contributed by atoms with Crippen LogP contribution in [0.1, 0.15) is 33.1 Å². The molecule has 32 heavy (non-hydrogen) atoms. The van der Waals surface area contributed by atoms with Crippen LogP contribution in [0.5, 0.6) is 0 Å². The molecule has 1 aliphatic rings. The van der Waals surface area contributed by atoms with E-state index in [4.69, 9.17) is 4.74 Å². The van der Waals surface area contributed by atoms with E-state index >= 15 is 0 Å². The number of nitrogens with zero attached hydrogens (tertiary/aromatic N) is 4. The zero-order valence-corrected chi connectivity index (χ0v) is 19.5. The first-order valence-electron chi connectivity index (χ1n) is 11.2. The van der Waals surface area contributed by atoms with Gasteiger partial charge < -0.3 is 9.64 Å². The maximum absolute atomic E-state index is 12.6. The molecule has 0 N–H and O–H groups in total. The van der Waals surface area contributed by atoms with Gasteiger partial charge in [-0.2, -0.15) is 0 Å². The minimum Gasteiger partial charge on any atom is -0.372 e. The van der Waals surface area contributed by atoms with Crippen molar-refractivity contribution in [1.82, 2.24) is 19.7 Å². The van der Waals surface area contributed by atoms with E-state index in [0.29, 0.717) is 19.5 Å². The van der Waals surface area contributed by atoms with E-state index in [1.807, 2.05) is 55.1 Å². The topological polar surface area (TPSA) is 60.2 Å². The van der Waals surface area contributed by atoms with Gasteiger partial charge in [0.25, 0.3) is 0 Å². The summed E-state index contributed by atoms with van der Waals surface area (Å²) in [7, 11) is 0. The first kappa shape index (κ1) is 22.6. The summed E-state index contributed by atoms with van der Waals surface area (Å²) >= 11 is 1.69. The summed E-state index contributed by atoms with van der Waals surface area (Å²) in [6.45, 7) is 5.44. The molecule has 2 unspecified atom stereocenters. The lowest BCUT2D eigenvalue weighted by Crippen LogP contribution is -2.48. The molecule has 1 saturated heterocycles. The van der Waals surface area contributed by atoms with Crippen molar-refractivity contribution in [2.45, 2.75) is 50.5 Å². The van der Waals surface area contributed by atoms with Crippen LogP contribution < -0.4 is 0 Å². The SMILES string of the molecule is CC1CN(C(=O)CCCCSc2nnc(-c3ccccc3)n2-c2ccccc2)CC(C)O1. The second-order valence-electron chi connectivity index (χ2n) is 8.20. The van der Waals surface area contributed by atoms with Gasteiger partial charge in [-0.1, -0.05) is 60.3 Å². The first-order valence-corrected chi connectivity index (χ1v) is 12.2. The number of rotatable bonds is 8. The maximum atomic E-state index is 12.6. The lowest BCUT2D eigenvalue weighted by Gasteiger charge is -2.35. The molecule has 7 heteroatoms. The number of aromatic nitrogens is 3. The first-order chi connectivity index (χ1) is 15.6. The Morgan fingerprint density at radius 1 is 0.969 bits per heavy atom. The van der Waals surface area contributed by atoms with Crippen molar-refractivity contribution >= 4 is 17.7 Å². The highest BCUT2D eigenvalue weighted by Crippen LogP contribution is 2.28. The minimum absolute atomic E-state index is 0.112. The Labute approximate surface area is 194 Å². The van der Waals surface area contributed by atoms with Crippen LogP contribution in [-0.2, 0) is 9.53 Å².